The van der Waals surface area contributed by atoms with Gasteiger partial charge in [0.1, 0.15) is 11.2 Å². The molecule has 358 valence electrons. The van der Waals surface area contributed by atoms with Crippen molar-refractivity contribution in [1.82, 2.24) is 0 Å². The molecule has 0 saturated heterocycles. The second kappa shape index (κ2) is 15.9. The third kappa shape index (κ3) is 5.92. The van der Waals surface area contributed by atoms with Gasteiger partial charge in [0.05, 0.1) is 45.5 Å². The van der Waals surface area contributed by atoms with E-state index in [2.05, 4.69) is 250 Å². The molecule has 0 unspecified atom stereocenters. The second-order valence-electron chi connectivity index (χ2n) is 20.7. The molecule has 6 heteroatoms. The van der Waals surface area contributed by atoms with Crippen LogP contribution in [0.3, 0.4) is 0 Å². The topological polar surface area (TPSA) is 39.2 Å². The van der Waals surface area contributed by atoms with Crippen molar-refractivity contribution >= 4 is 112 Å². The third-order valence-electron chi connectivity index (χ3n) is 16.6. The number of hydrogen-bond donors (Lipinski definition) is 0. The molecule has 0 N–H and O–H groups in total. The van der Waals surface area contributed by atoms with Crippen molar-refractivity contribution in [3.05, 3.63) is 275 Å². The fourth-order valence-electron chi connectivity index (χ4n) is 13.4. The van der Waals surface area contributed by atoms with E-state index in [1.54, 1.807) is 0 Å². The van der Waals surface area contributed by atoms with Crippen LogP contribution in [0.15, 0.2) is 239 Å². The van der Waals surface area contributed by atoms with Crippen LogP contribution >= 0.6 is 0 Å². The van der Waals surface area contributed by atoms with E-state index in [4.69, 9.17) is 8.83 Å². The average Bonchev–Trinajstić information content (AvgIpc) is 4.16. The summed E-state index contributed by atoms with van der Waals surface area (Å²) < 4.78 is 13.6. The van der Waals surface area contributed by atoms with Crippen LogP contribution in [0.1, 0.15) is 44.5 Å². The Morgan fingerprint density at radius 2 is 0.697 bits per heavy atom. The minimum absolute atomic E-state index is 0.804. The minimum Gasteiger partial charge on any atom is -0.454 e. The van der Waals surface area contributed by atoms with Gasteiger partial charge in [-0.3, -0.25) is 0 Å². The van der Waals surface area contributed by atoms with Crippen LogP contribution < -0.4 is 19.6 Å². The fourth-order valence-corrected chi connectivity index (χ4v) is 13.4. The zero-order chi connectivity index (χ0) is 49.6. The Hall–Kier alpha value is -9.78. The maximum atomic E-state index is 6.78. The normalized spacial score (nSPS) is 13.5. The van der Waals surface area contributed by atoms with Gasteiger partial charge in [0.25, 0.3) is 0 Å². The summed E-state index contributed by atoms with van der Waals surface area (Å²) in [5.41, 5.74) is 28.2. The molecule has 0 fully saturated rings. The third-order valence-corrected chi connectivity index (χ3v) is 16.6. The van der Waals surface area contributed by atoms with Crippen LogP contribution in [0.25, 0.3) is 43.9 Å². The van der Waals surface area contributed by atoms with Crippen molar-refractivity contribution in [2.24, 2.45) is 0 Å². The zero-order valence-corrected chi connectivity index (χ0v) is 41.4. The van der Waals surface area contributed by atoms with Gasteiger partial charge >= 0.3 is 0 Å². The number of fused-ring (bicyclic) bond motifs is 14. The molecule has 13 aromatic rings. The highest BCUT2D eigenvalue weighted by Gasteiger charge is 2.39. The highest BCUT2D eigenvalue weighted by molar-refractivity contribution is 6.12. The van der Waals surface area contributed by atoms with Gasteiger partial charge in [-0.05, 0) is 118 Å². The van der Waals surface area contributed by atoms with Crippen molar-refractivity contribution < 1.29 is 8.83 Å². The molecule has 0 spiro atoms. The quantitative estimate of drug-likeness (QED) is 0.165. The van der Waals surface area contributed by atoms with Crippen LogP contribution in [0.5, 0.6) is 0 Å². The summed E-state index contributed by atoms with van der Waals surface area (Å²) in [6, 6.07) is 84.2. The molecule has 0 bridgehead atoms. The largest absolute Gasteiger partial charge is 0.454 e. The Labute approximate surface area is 439 Å². The molecule has 0 radical (unpaired) electrons. The van der Waals surface area contributed by atoms with E-state index >= 15 is 0 Å². The molecule has 2 aromatic heterocycles. The summed E-state index contributed by atoms with van der Waals surface area (Å²) >= 11 is 0. The van der Waals surface area contributed by atoms with E-state index in [1.165, 1.54) is 78.6 Å². The molecule has 4 aliphatic rings. The van der Waals surface area contributed by atoms with Gasteiger partial charge in [-0.1, -0.05) is 146 Å². The van der Waals surface area contributed by atoms with Crippen LogP contribution in [0.4, 0.5) is 68.2 Å². The average molecular weight is 975 g/mol. The van der Waals surface area contributed by atoms with Gasteiger partial charge in [0, 0.05) is 81.1 Å². The Balaban J connectivity index is 0.847. The number of hydrogen-bond acceptors (Lipinski definition) is 6. The molecule has 17 rings (SSSR count). The van der Waals surface area contributed by atoms with Gasteiger partial charge in [-0.2, -0.15) is 0 Å². The van der Waals surface area contributed by atoms with Crippen molar-refractivity contribution in [3.8, 4) is 0 Å². The van der Waals surface area contributed by atoms with Crippen LogP contribution in [0.2, 0.25) is 0 Å². The van der Waals surface area contributed by atoms with Crippen molar-refractivity contribution in [2.45, 2.75) is 25.7 Å². The highest BCUT2D eigenvalue weighted by Crippen LogP contribution is 2.59. The first-order valence-electron chi connectivity index (χ1n) is 26.4. The van der Waals surface area contributed by atoms with Crippen LogP contribution in [-0.2, 0) is 25.7 Å². The minimum atomic E-state index is 0.804. The van der Waals surface area contributed by atoms with Gasteiger partial charge in [0.2, 0.25) is 0 Å². The lowest BCUT2D eigenvalue weighted by Gasteiger charge is -2.44. The van der Waals surface area contributed by atoms with E-state index in [-0.39, 0.29) is 0 Å². The molecule has 6 heterocycles. The van der Waals surface area contributed by atoms with E-state index in [9.17, 15) is 0 Å². The summed E-state index contributed by atoms with van der Waals surface area (Å²) in [6.45, 7) is 0. The maximum absolute atomic E-state index is 6.78. The molecule has 76 heavy (non-hydrogen) atoms. The zero-order valence-electron chi connectivity index (χ0n) is 41.4. The monoisotopic (exact) mass is 974 g/mol. The van der Waals surface area contributed by atoms with Crippen LogP contribution in [-0.4, -0.2) is 0 Å². The molecule has 11 aromatic carbocycles. The first-order chi connectivity index (χ1) is 37.7. The number of furan rings is 2. The van der Waals surface area contributed by atoms with Crippen molar-refractivity contribution in [1.29, 1.82) is 0 Å². The number of rotatable bonds is 6. The smallest absolute Gasteiger partial charge is 0.159 e. The summed E-state index contributed by atoms with van der Waals surface area (Å²) in [7, 11) is 0. The SMILES string of the molecule is c1ccc(N(c2ccc3c4c2Cc2ccccc2N4c2cc4c(cc2C3)N2c3ccccc3Cc3c(N(c5ccccc5)c5cccc6c5oc5ccccc56)ccc(c32)C4)c2cccc3c2oc2ccccc23)cc1. The van der Waals surface area contributed by atoms with E-state index in [0.717, 1.165) is 104 Å². The van der Waals surface area contributed by atoms with Crippen LogP contribution in [0, 0.1) is 0 Å². The summed E-state index contributed by atoms with van der Waals surface area (Å²) in [5.74, 6) is 0. The molecule has 6 nitrogen and oxygen atoms in total. The van der Waals surface area contributed by atoms with Gasteiger partial charge in [-0.15, -0.1) is 0 Å². The lowest BCUT2D eigenvalue weighted by Crippen LogP contribution is -2.29. The van der Waals surface area contributed by atoms with E-state index in [0.29, 0.717) is 0 Å². The molecule has 0 amide bonds. The maximum Gasteiger partial charge on any atom is 0.159 e. The fraction of sp³-hybridized carbons (Fsp3) is 0.0571. The molecule has 0 saturated carbocycles. The van der Waals surface area contributed by atoms with Gasteiger partial charge in [0.15, 0.2) is 11.2 Å². The number of benzene rings is 11. The van der Waals surface area contributed by atoms with Gasteiger partial charge < -0.3 is 28.4 Å². The summed E-state index contributed by atoms with van der Waals surface area (Å²) in [5, 5.41) is 4.47. The summed E-state index contributed by atoms with van der Waals surface area (Å²) in [6.07, 6.45) is 3.23. The molecule has 0 aliphatic carbocycles. The Morgan fingerprint density at radius 3 is 1.17 bits per heavy atom. The molecular formula is C70H46N4O2. The number of nitrogens with zero attached hydrogens (tertiary/aromatic N) is 4. The molecule has 4 aliphatic heterocycles. The summed E-state index contributed by atoms with van der Waals surface area (Å²) in [4.78, 5) is 10.1. The predicted octanol–water partition coefficient (Wildman–Crippen LogP) is 19.0. The first-order valence-corrected chi connectivity index (χ1v) is 26.4. The standard InChI is InChI=1S/C70H46N4O2/c1-3-19-49(20-4-1)71(61-29-15-25-53-51-23-9-13-31-65(51)75-69(53)61)59-35-33-45-37-47-42-64-48(41-63(47)73-57-27-11-7-17-43(57)39-55(59)67(45)73)38-46-34-36-60(56-40-44-18-8-12-28-58(44)74(64)68(46)56)72(50-21-5-2-6-22-50)62-30-16-26-54-52-24-10-14-32-66(52)76-70(54)62/h1-36,41-42H,37-40H2. The number of anilines is 12. The molecular weight excluding hydrogens is 929 g/mol. The van der Waals surface area contributed by atoms with E-state index in [1.807, 2.05) is 0 Å². The number of para-hydroxylation sites is 8. The van der Waals surface area contributed by atoms with Crippen molar-refractivity contribution in [3.63, 3.8) is 0 Å². The highest BCUT2D eigenvalue weighted by atomic mass is 16.3. The Kier molecular flexibility index (Phi) is 8.70. The Morgan fingerprint density at radius 1 is 0.289 bits per heavy atom. The first kappa shape index (κ1) is 41.7. The second-order valence-corrected chi connectivity index (χ2v) is 20.7. The van der Waals surface area contributed by atoms with Gasteiger partial charge in [-0.25, -0.2) is 0 Å². The molecule has 0 atom stereocenters. The Bertz CT molecular complexity index is 4280. The lowest BCUT2D eigenvalue weighted by molar-refractivity contribution is 0.668. The lowest BCUT2D eigenvalue weighted by atomic mass is 9.81. The predicted molar refractivity (Wildman–Crippen MR) is 311 cm³/mol. The van der Waals surface area contributed by atoms with E-state index < -0.39 is 0 Å². The van der Waals surface area contributed by atoms with Crippen molar-refractivity contribution in [2.75, 3.05) is 19.6 Å².